The average molecular weight is 229 g/mol. The molecule has 1 aliphatic heterocycles. The number of hydrogen-bond donors (Lipinski definition) is 2. The van der Waals surface area contributed by atoms with Gasteiger partial charge in [-0.05, 0) is 18.0 Å². The van der Waals surface area contributed by atoms with E-state index in [0.29, 0.717) is 17.4 Å². The SMILES string of the molecule is Nc1cnc(Cl)nc1NCC1CCOC1. The van der Waals surface area contributed by atoms with E-state index in [2.05, 4.69) is 15.3 Å². The zero-order chi connectivity index (χ0) is 10.7. The highest BCUT2D eigenvalue weighted by atomic mass is 35.5. The number of nitrogens with zero attached hydrogens (tertiary/aromatic N) is 2. The van der Waals surface area contributed by atoms with Crippen molar-refractivity contribution >= 4 is 23.1 Å². The Morgan fingerprint density at radius 2 is 2.53 bits per heavy atom. The van der Waals surface area contributed by atoms with Crippen molar-refractivity contribution in [2.75, 3.05) is 30.8 Å². The van der Waals surface area contributed by atoms with Crippen LogP contribution in [0.4, 0.5) is 11.5 Å². The fourth-order valence-electron chi connectivity index (χ4n) is 1.50. The normalized spacial score (nSPS) is 20.5. The minimum absolute atomic E-state index is 0.203. The monoisotopic (exact) mass is 228 g/mol. The smallest absolute Gasteiger partial charge is 0.224 e. The van der Waals surface area contributed by atoms with Crippen molar-refractivity contribution in [2.45, 2.75) is 6.42 Å². The number of aromatic nitrogens is 2. The number of halogens is 1. The summed E-state index contributed by atoms with van der Waals surface area (Å²) in [6.07, 6.45) is 2.58. The van der Waals surface area contributed by atoms with E-state index < -0.39 is 0 Å². The van der Waals surface area contributed by atoms with Crippen LogP contribution in [0.5, 0.6) is 0 Å². The highest BCUT2D eigenvalue weighted by Gasteiger charge is 2.15. The Morgan fingerprint density at radius 3 is 3.27 bits per heavy atom. The number of nitrogen functional groups attached to an aromatic ring is 1. The minimum atomic E-state index is 0.203. The first-order valence-corrected chi connectivity index (χ1v) is 5.23. The summed E-state index contributed by atoms with van der Waals surface area (Å²) < 4.78 is 5.27. The first kappa shape index (κ1) is 10.4. The molecule has 0 amide bonds. The van der Waals surface area contributed by atoms with Crippen LogP contribution in [-0.4, -0.2) is 29.7 Å². The number of rotatable bonds is 3. The van der Waals surface area contributed by atoms with Crippen molar-refractivity contribution in [3.05, 3.63) is 11.5 Å². The standard InChI is InChI=1S/C9H13ClN4O/c10-9-13-4-7(11)8(14-9)12-3-6-1-2-15-5-6/h4,6H,1-3,5,11H2,(H,12,13,14). The van der Waals surface area contributed by atoms with Crippen LogP contribution in [-0.2, 0) is 4.74 Å². The molecule has 2 heterocycles. The summed E-state index contributed by atoms with van der Waals surface area (Å²) in [5.41, 5.74) is 6.21. The quantitative estimate of drug-likeness (QED) is 0.760. The van der Waals surface area contributed by atoms with Crippen LogP contribution < -0.4 is 11.1 Å². The summed E-state index contributed by atoms with van der Waals surface area (Å²) in [7, 11) is 0. The molecule has 6 heteroatoms. The Morgan fingerprint density at radius 1 is 1.67 bits per heavy atom. The van der Waals surface area contributed by atoms with Gasteiger partial charge in [-0.15, -0.1) is 0 Å². The van der Waals surface area contributed by atoms with Gasteiger partial charge >= 0.3 is 0 Å². The van der Waals surface area contributed by atoms with Crippen molar-refractivity contribution in [3.8, 4) is 0 Å². The molecule has 0 bridgehead atoms. The minimum Gasteiger partial charge on any atom is -0.394 e. The summed E-state index contributed by atoms with van der Waals surface area (Å²) in [6.45, 7) is 2.44. The summed E-state index contributed by atoms with van der Waals surface area (Å²) >= 11 is 5.67. The molecule has 0 radical (unpaired) electrons. The molecular weight excluding hydrogens is 216 g/mol. The Kier molecular flexibility index (Phi) is 3.23. The van der Waals surface area contributed by atoms with Gasteiger partial charge in [-0.3, -0.25) is 0 Å². The van der Waals surface area contributed by atoms with Crippen molar-refractivity contribution in [1.29, 1.82) is 0 Å². The molecule has 1 aliphatic rings. The van der Waals surface area contributed by atoms with E-state index in [1.54, 1.807) is 0 Å². The van der Waals surface area contributed by atoms with Crippen molar-refractivity contribution in [3.63, 3.8) is 0 Å². The van der Waals surface area contributed by atoms with Crippen molar-refractivity contribution < 1.29 is 4.74 Å². The lowest BCUT2D eigenvalue weighted by molar-refractivity contribution is 0.187. The number of hydrogen-bond acceptors (Lipinski definition) is 5. The lowest BCUT2D eigenvalue weighted by Gasteiger charge is -2.11. The predicted octanol–water partition coefficient (Wildman–Crippen LogP) is 1.16. The van der Waals surface area contributed by atoms with Crippen LogP contribution in [0.25, 0.3) is 0 Å². The predicted molar refractivity (Wildman–Crippen MR) is 58.9 cm³/mol. The van der Waals surface area contributed by atoms with E-state index in [9.17, 15) is 0 Å². The largest absolute Gasteiger partial charge is 0.394 e. The van der Waals surface area contributed by atoms with Crippen molar-refractivity contribution in [1.82, 2.24) is 9.97 Å². The van der Waals surface area contributed by atoms with E-state index in [0.717, 1.165) is 26.2 Å². The van der Waals surface area contributed by atoms with Crippen LogP contribution in [0.1, 0.15) is 6.42 Å². The maximum atomic E-state index is 5.70. The van der Waals surface area contributed by atoms with Gasteiger partial charge in [0.1, 0.15) is 0 Å². The second kappa shape index (κ2) is 4.63. The molecule has 0 aromatic carbocycles. The summed E-state index contributed by atoms with van der Waals surface area (Å²) in [5.74, 6) is 1.13. The van der Waals surface area contributed by atoms with Gasteiger partial charge in [-0.25, -0.2) is 4.98 Å². The number of nitrogens with one attached hydrogen (secondary N) is 1. The van der Waals surface area contributed by atoms with Gasteiger partial charge in [0.2, 0.25) is 5.28 Å². The first-order valence-electron chi connectivity index (χ1n) is 4.85. The molecule has 0 saturated carbocycles. The Bertz CT molecular complexity index is 341. The molecule has 1 aromatic heterocycles. The Labute approximate surface area is 93.0 Å². The van der Waals surface area contributed by atoms with Gasteiger partial charge in [-0.1, -0.05) is 0 Å². The van der Waals surface area contributed by atoms with E-state index in [1.807, 2.05) is 0 Å². The molecular formula is C9H13ClN4O. The van der Waals surface area contributed by atoms with E-state index in [-0.39, 0.29) is 5.28 Å². The summed E-state index contributed by atoms with van der Waals surface area (Å²) in [4.78, 5) is 7.79. The van der Waals surface area contributed by atoms with Gasteiger partial charge in [0.15, 0.2) is 5.82 Å². The molecule has 1 aromatic rings. The molecule has 82 valence electrons. The molecule has 15 heavy (non-hydrogen) atoms. The van der Waals surface area contributed by atoms with Crippen LogP contribution in [0, 0.1) is 5.92 Å². The molecule has 1 fully saturated rings. The van der Waals surface area contributed by atoms with Gasteiger partial charge in [0.25, 0.3) is 0 Å². The van der Waals surface area contributed by atoms with E-state index in [1.165, 1.54) is 6.20 Å². The number of nitrogens with two attached hydrogens (primary N) is 1. The summed E-state index contributed by atoms with van der Waals surface area (Å²) in [6, 6.07) is 0. The molecule has 1 saturated heterocycles. The highest BCUT2D eigenvalue weighted by Crippen LogP contribution is 2.18. The lowest BCUT2D eigenvalue weighted by Crippen LogP contribution is -2.16. The lowest BCUT2D eigenvalue weighted by atomic mass is 10.1. The fourth-order valence-corrected chi connectivity index (χ4v) is 1.63. The molecule has 3 N–H and O–H groups in total. The van der Waals surface area contributed by atoms with Crippen LogP contribution in [0.2, 0.25) is 5.28 Å². The topological polar surface area (TPSA) is 73.1 Å². The number of ether oxygens (including phenoxy) is 1. The highest BCUT2D eigenvalue weighted by molar-refractivity contribution is 6.28. The third-order valence-corrected chi connectivity index (χ3v) is 2.55. The van der Waals surface area contributed by atoms with Crippen LogP contribution in [0.3, 0.4) is 0 Å². The van der Waals surface area contributed by atoms with Crippen LogP contribution in [0.15, 0.2) is 6.20 Å². The number of anilines is 2. The second-order valence-electron chi connectivity index (χ2n) is 3.55. The van der Waals surface area contributed by atoms with Gasteiger partial charge in [-0.2, -0.15) is 4.98 Å². The fraction of sp³-hybridized carbons (Fsp3) is 0.556. The van der Waals surface area contributed by atoms with E-state index >= 15 is 0 Å². The zero-order valence-electron chi connectivity index (χ0n) is 8.24. The molecule has 0 aliphatic carbocycles. The average Bonchev–Trinajstić information content (AvgIpc) is 2.72. The van der Waals surface area contributed by atoms with E-state index in [4.69, 9.17) is 22.1 Å². The van der Waals surface area contributed by atoms with Gasteiger partial charge in [0, 0.05) is 19.1 Å². The first-order chi connectivity index (χ1) is 7.25. The maximum Gasteiger partial charge on any atom is 0.224 e. The molecule has 2 rings (SSSR count). The van der Waals surface area contributed by atoms with Crippen LogP contribution >= 0.6 is 11.6 Å². The Balaban J connectivity index is 1.94. The molecule has 5 nitrogen and oxygen atoms in total. The van der Waals surface area contributed by atoms with Crippen molar-refractivity contribution in [2.24, 2.45) is 5.92 Å². The molecule has 1 unspecified atom stereocenters. The third kappa shape index (κ3) is 2.70. The summed E-state index contributed by atoms with van der Waals surface area (Å²) in [5, 5.41) is 3.36. The Hall–Kier alpha value is -1.07. The molecule has 1 atom stereocenters. The second-order valence-corrected chi connectivity index (χ2v) is 3.89. The van der Waals surface area contributed by atoms with Gasteiger partial charge < -0.3 is 15.8 Å². The molecule has 0 spiro atoms. The maximum absolute atomic E-state index is 5.70. The van der Waals surface area contributed by atoms with Gasteiger partial charge in [0.05, 0.1) is 18.5 Å². The zero-order valence-corrected chi connectivity index (χ0v) is 9.00. The third-order valence-electron chi connectivity index (χ3n) is 2.37.